The van der Waals surface area contributed by atoms with E-state index in [9.17, 15) is 10.1 Å². The molecule has 1 aromatic carbocycles. The van der Waals surface area contributed by atoms with Crippen molar-refractivity contribution in [3.63, 3.8) is 0 Å². The second-order valence-electron chi connectivity index (χ2n) is 4.62. The van der Waals surface area contributed by atoms with Gasteiger partial charge in [0.2, 0.25) is 0 Å². The first-order chi connectivity index (χ1) is 10.7. The van der Waals surface area contributed by atoms with E-state index >= 15 is 0 Å². The Kier molecular flexibility index (Phi) is 4.01. The van der Waals surface area contributed by atoms with E-state index in [0.29, 0.717) is 11.3 Å². The molecule has 0 spiro atoms. The minimum atomic E-state index is -0.361. The fraction of sp³-hybridized carbons (Fsp3) is 0.214. The number of rotatable bonds is 5. The molecule has 0 N–H and O–H groups in total. The van der Waals surface area contributed by atoms with Crippen molar-refractivity contribution in [1.82, 2.24) is 19.6 Å². The fourth-order valence-electron chi connectivity index (χ4n) is 2.08. The second kappa shape index (κ2) is 6.10. The lowest BCUT2D eigenvalue weighted by Gasteiger charge is -2.06. The third-order valence-corrected chi connectivity index (χ3v) is 4.22. The van der Waals surface area contributed by atoms with Gasteiger partial charge in [-0.15, -0.1) is 10.2 Å². The van der Waals surface area contributed by atoms with Crippen molar-refractivity contribution in [1.29, 1.82) is 0 Å². The van der Waals surface area contributed by atoms with Crippen LogP contribution < -0.4 is 0 Å². The lowest BCUT2D eigenvalue weighted by Crippen LogP contribution is -1.99. The van der Waals surface area contributed by atoms with E-state index in [2.05, 4.69) is 15.2 Å². The van der Waals surface area contributed by atoms with Crippen LogP contribution in [0.4, 0.5) is 5.69 Å². The summed E-state index contributed by atoms with van der Waals surface area (Å²) in [7, 11) is 0. The number of aryl methyl sites for hydroxylation is 1. The highest BCUT2D eigenvalue weighted by atomic mass is 32.2. The van der Waals surface area contributed by atoms with Crippen molar-refractivity contribution < 1.29 is 4.92 Å². The Bertz CT molecular complexity index is 833. The van der Waals surface area contributed by atoms with Crippen LogP contribution >= 0.6 is 11.8 Å². The van der Waals surface area contributed by atoms with Gasteiger partial charge >= 0.3 is 0 Å². The first kappa shape index (κ1) is 14.5. The molecule has 0 aliphatic rings. The van der Waals surface area contributed by atoms with Crippen LogP contribution in [0.15, 0.2) is 41.8 Å². The Labute approximate surface area is 130 Å². The number of aromatic nitrogens is 4. The summed E-state index contributed by atoms with van der Waals surface area (Å²) in [6.45, 7) is 2.02. The Morgan fingerprint density at radius 3 is 2.95 bits per heavy atom. The Balaban J connectivity index is 1.91. The van der Waals surface area contributed by atoms with Crippen molar-refractivity contribution >= 4 is 23.1 Å². The van der Waals surface area contributed by atoms with Gasteiger partial charge in [0.1, 0.15) is 6.33 Å². The van der Waals surface area contributed by atoms with Gasteiger partial charge in [-0.3, -0.25) is 14.5 Å². The first-order valence-electron chi connectivity index (χ1n) is 6.73. The zero-order chi connectivity index (χ0) is 15.5. The summed E-state index contributed by atoms with van der Waals surface area (Å²) in [6, 6.07) is 8.63. The molecule has 3 rings (SSSR count). The number of para-hydroxylation sites is 1. The summed E-state index contributed by atoms with van der Waals surface area (Å²) in [6.07, 6.45) is 2.39. The monoisotopic (exact) mass is 315 g/mol. The maximum absolute atomic E-state index is 11.1. The van der Waals surface area contributed by atoms with Crippen LogP contribution in [0.2, 0.25) is 0 Å². The molecule has 2 heterocycles. The maximum Gasteiger partial charge on any atom is 0.273 e. The number of thioether (sulfide) groups is 1. The first-order valence-corrected chi connectivity index (χ1v) is 7.72. The molecule has 22 heavy (non-hydrogen) atoms. The lowest BCUT2D eigenvalue weighted by molar-refractivity contribution is -0.385. The van der Waals surface area contributed by atoms with Crippen LogP contribution in [-0.2, 0) is 12.2 Å². The topological polar surface area (TPSA) is 86.2 Å². The number of benzene rings is 1. The van der Waals surface area contributed by atoms with Crippen LogP contribution in [0.25, 0.3) is 5.65 Å². The molecule has 0 atom stereocenters. The molecule has 3 aromatic rings. The summed E-state index contributed by atoms with van der Waals surface area (Å²) in [5.74, 6) is 0.463. The van der Waals surface area contributed by atoms with E-state index in [1.54, 1.807) is 28.9 Å². The summed E-state index contributed by atoms with van der Waals surface area (Å²) in [5, 5.41) is 19.7. The Morgan fingerprint density at radius 1 is 1.36 bits per heavy atom. The van der Waals surface area contributed by atoms with Gasteiger partial charge in [-0.05, 0) is 6.42 Å². The largest absolute Gasteiger partial charge is 0.273 e. The van der Waals surface area contributed by atoms with Crippen molar-refractivity contribution in [3.05, 3.63) is 58.0 Å². The molecular formula is C14H13N5O2S. The van der Waals surface area contributed by atoms with Gasteiger partial charge in [-0.2, -0.15) is 0 Å². The van der Waals surface area contributed by atoms with Gasteiger partial charge in [0.15, 0.2) is 10.8 Å². The number of nitro benzene ring substituents is 1. The quantitative estimate of drug-likeness (QED) is 0.311. The lowest BCUT2D eigenvalue weighted by atomic mass is 10.2. The molecule has 0 saturated heterocycles. The van der Waals surface area contributed by atoms with E-state index in [1.165, 1.54) is 17.8 Å². The number of nitrogens with zero attached hydrogens (tertiary/aromatic N) is 5. The Morgan fingerprint density at radius 2 is 2.18 bits per heavy atom. The third kappa shape index (κ3) is 2.77. The number of hydrogen-bond acceptors (Lipinski definition) is 6. The molecular weight excluding hydrogens is 302 g/mol. The van der Waals surface area contributed by atoms with Gasteiger partial charge in [-0.25, -0.2) is 4.98 Å². The minimum absolute atomic E-state index is 0.127. The van der Waals surface area contributed by atoms with Gasteiger partial charge in [0, 0.05) is 29.1 Å². The molecule has 0 radical (unpaired) electrons. The highest BCUT2D eigenvalue weighted by molar-refractivity contribution is 7.98. The normalized spacial score (nSPS) is 11.0. The van der Waals surface area contributed by atoms with E-state index in [4.69, 9.17) is 0 Å². The molecule has 0 fully saturated rings. The molecule has 0 aliphatic heterocycles. The number of nitro groups is 1. The minimum Gasteiger partial charge on any atom is -0.260 e. The highest BCUT2D eigenvalue weighted by Gasteiger charge is 2.14. The SMILES string of the molecule is CCc1cc2nncn2c(SCc2ccccc2[N+](=O)[O-])n1. The highest BCUT2D eigenvalue weighted by Crippen LogP contribution is 2.27. The molecule has 0 aliphatic carbocycles. The van der Waals surface area contributed by atoms with Gasteiger partial charge in [-0.1, -0.05) is 36.9 Å². The summed E-state index contributed by atoms with van der Waals surface area (Å²) >= 11 is 1.44. The van der Waals surface area contributed by atoms with Gasteiger partial charge < -0.3 is 0 Å². The zero-order valence-corrected chi connectivity index (χ0v) is 12.7. The molecule has 8 heteroatoms. The van der Waals surface area contributed by atoms with Crippen molar-refractivity contribution in [2.75, 3.05) is 0 Å². The maximum atomic E-state index is 11.1. The molecule has 112 valence electrons. The van der Waals surface area contributed by atoms with E-state index in [1.807, 2.05) is 13.0 Å². The van der Waals surface area contributed by atoms with Crippen molar-refractivity contribution in [3.8, 4) is 0 Å². The number of fused-ring (bicyclic) bond motifs is 1. The fourth-order valence-corrected chi connectivity index (χ4v) is 3.07. The van der Waals surface area contributed by atoms with Crippen LogP contribution in [0.1, 0.15) is 18.2 Å². The standard InChI is InChI=1S/C14H13N5O2S/c1-2-11-7-13-17-15-9-18(13)14(16-11)22-8-10-5-3-4-6-12(10)19(20)21/h3-7,9H,2,8H2,1H3. The predicted octanol–water partition coefficient (Wildman–Crippen LogP) is 2.89. The van der Waals surface area contributed by atoms with Crippen LogP contribution in [0, 0.1) is 10.1 Å². The van der Waals surface area contributed by atoms with E-state index < -0.39 is 0 Å². The van der Waals surface area contributed by atoms with Crippen molar-refractivity contribution in [2.24, 2.45) is 0 Å². The molecule has 0 amide bonds. The molecule has 2 aromatic heterocycles. The summed E-state index contributed by atoms with van der Waals surface area (Å²) in [5.41, 5.74) is 2.45. The number of hydrogen-bond donors (Lipinski definition) is 0. The third-order valence-electron chi connectivity index (χ3n) is 3.22. The summed E-state index contributed by atoms with van der Waals surface area (Å²) < 4.78 is 1.79. The summed E-state index contributed by atoms with van der Waals surface area (Å²) in [4.78, 5) is 15.3. The van der Waals surface area contributed by atoms with E-state index in [0.717, 1.165) is 22.9 Å². The average molecular weight is 315 g/mol. The van der Waals surface area contributed by atoms with Gasteiger partial charge in [0.05, 0.1) is 4.92 Å². The van der Waals surface area contributed by atoms with Crippen molar-refractivity contribution in [2.45, 2.75) is 24.3 Å². The second-order valence-corrected chi connectivity index (χ2v) is 5.56. The smallest absolute Gasteiger partial charge is 0.260 e. The van der Waals surface area contributed by atoms with Gasteiger partial charge in [0.25, 0.3) is 5.69 Å². The van der Waals surface area contributed by atoms with E-state index in [-0.39, 0.29) is 10.6 Å². The molecule has 0 unspecified atom stereocenters. The van der Waals surface area contributed by atoms with Crippen LogP contribution in [0.3, 0.4) is 0 Å². The molecule has 0 saturated carbocycles. The van der Waals surface area contributed by atoms with Crippen LogP contribution in [-0.4, -0.2) is 24.5 Å². The zero-order valence-electron chi connectivity index (χ0n) is 11.8. The predicted molar refractivity (Wildman–Crippen MR) is 82.8 cm³/mol. The average Bonchev–Trinajstić information content (AvgIpc) is 3.01. The Hall–Kier alpha value is -2.48. The molecule has 7 nitrogen and oxygen atoms in total. The molecule has 0 bridgehead atoms. The van der Waals surface area contributed by atoms with Crippen LogP contribution in [0.5, 0.6) is 0 Å².